The number of hydrogen-bond donors (Lipinski definition) is 1. The number of methoxy groups -OCH3 is 1. The molecular weight excluding hydrogens is 498 g/mol. The van der Waals surface area contributed by atoms with Gasteiger partial charge in [0.25, 0.3) is 5.91 Å². The van der Waals surface area contributed by atoms with Crippen LogP contribution in [0.25, 0.3) is 11.1 Å². The lowest BCUT2D eigenvalue weighted by Gasteiger charge is -2.17. The smallest absolute Gasteiger partial charge is 0.328 e. The van der Waals surface area contributed by atoms with E-state index in [9.17, 15) is 9.59 Å². The minimum Gasteiger partial charge on any atom is -0.467 e. The van der Waals surface area contributed by atoms with Gasteiger partial charge in [0, 0.05) is 20.9 Å². The van der Waals surface area contributed by atoms with Crippen molar-refractivity contribution in [2.24, 2.45) is 0 Å². The summed E-state index contributed by atoms with van der Waals surface area (Å²) in [4.78, 5) is 24.9. The summed E-state index contributed by atoms with van der Waals surface area (Å²) in [6.07, 6.45) is 0.336. The van der Waals surface area contributed by atoms with E-state index >= 15 is 0 Å². The van der Waals surface area contributed by atoms with Gasteiger partial charge in [0.15, 0.2) is 0 Å². The molecule has 0 aliphatic heterocycles. The van der Waals surface area contributed by atoms with Crippen molar-refractivity contribution >= 4 is 43.7 Å². The first-order valence-corrected chi connectivity index (χ1v) is 10.5. The number of halogens is 2. The molecule has 0 fully saturated rings. The van der Waals surface area contributed by atoms with Crippen molar-refractivity contribution in [2.45, 2.75) is 12.5 Å². The standard InChI is InChI=1S/C23H19Br2NO3/c1-29-23(28)21(26-22(27)18-12-19(24)14-20(25)13-18)11-15-7-9-17(10-8-15)16-5-3-2-4-6-16/h2-10,12-14,21H,11H2,1H3,(H,26,27)/t21-/m0/s1. The molecule has 1 amide bonds. The first-order valence-electron chi connectivity index (χ1n) is 8.95. The molecule has 148 valence electrons. The summed E-state index contributed by atoms with van der Waals surface area (Å²) >= 11 is 6.74. The highest BCUT2D eigenvalue weighted by Crippen LogP contribution is 2.21. The molecule has 29 heavy (non-hydrogen) atoms. The second kappa shape index (κ2) is 9.85. The minimum atomic E-state index is -0.784. The fourth-order valence-electron chi connectivity index (χ4n) is 2.96. The van der Waals surface area contributed by atoms with Crippen LogP contribution in [0, 0.1) is 0 Å². The minimum absolute atomic E-state index is 0.336. The molecule has 3 aromatic rings. The van der Waals surface area contributed by atoms with Crippen LogP contribution in [0.3, 0.4) is 0 Å². The van der Waals surface area contributed by atoms with Crippen molar-refractivity contribution in [3.8, 4) is 11.1 Å². The predicted molar refractivity (Wildman–Crippen MR) is 121 cm³/mol. The fourth-order valence-corrected chi connectivity index (χ4v) is 4.26. The highest BCUT2D eigenvalue weighted by molar-refractivity contribution is 9.11. The van der Waals surface area contributed by atoms with Crippen LogP contribution in [0.4, 0.5) is 0 Å². The van der Waals surface area contributed by atoms with Crippen LogP contribution < -0.4 is 5.32 Å². The molecule has 0 unspecified atom stereocenters. The fraction of sp³-hybridized carbons (Fsp3) is 0.130. The number of rotatable bonds is 6. The third kappa shape index (κ3) is 5.78. The van der Waals surface area contributed by atoms with Gasteiger partial charge in [-0.3, -0.25) is 4.79 Å². The van der Waals surface area contributed by atoms with E-state index in [1.807, 2.05) is 60.7 Å². The van der Waals surface area contributed by atoms with Gasteiger partial charge in [0.05, 0.1) is 7.11 Å². The summed E-state index contributed by atoms with van der Waals surface area (Å²) in [5, 5.41) is 2.78. The van der Waals surface area contributed by atoms with Crippen LogP contribution in [0.15, 0.2) is 81.7 Å². The van der Waals surface area contributed by atoms with Gasteiger partial charge in [-0.1, -0.05) is 86.5 Å². The first-order chi connectivity index (χ1) is 14.0. The Hall–Kier alpha value is -2.44. The van der Waals surface area contributed by atoms with Gasteiger partial charge in [0.1, 0.15) is 6.04 Å². The van der Waals surface area contributed by atoms with E-state index in [1.54, 1.807) is 12.1 Å². The topological polar surface area (TPSA) is 55.4 Å². The second-order valence-electron chi connectivity index (χ2n) is 6.47. The summed E-state index contributed by atoms with van der Waals surface area (Å²) in [6, 6.07) is 22.4. The number of hydrogen-bond acceptors (Lipinski definition) is 3. The summed E-state index contributed by atoms with van der Waals surface area (Å²) in [5.74, 6) is -0.831. The average molecular weight is 517 g/mol. The van der Waals surface area contributed by atoms with E-state index in [1.165, 1.54) is 7.11 Å². The van der Waals surface area contributed by atoms with Gasteiger partial charge < -0.3 is 10.1 Å². The highest BCUT2D eigenvalue weighted by atomic mass is 79.9. The lowest BCUT2D eigenvalue weighted by molar-refractivity contribution is -0.142. The molecule has 0 aliphatic carbocycles. The molecular formula is C23H19Br2NO3. The van der Waals surface area contributed by atoms with Gasteiger partial charge >= 0.3 is 5.97 Å². The number of ether oxygens (including phenoxy) is 1. The molecule has 0 spiro atoms. The number of esters is 1. The van der Waals surface area contributed by atoms with Crippen LogP contribution >= 0.6 is 31.9 Å². The molecule has 0 saturated carbocycles. The van der Waals surface area contributed by atoms with Crippen LogP contribution in [-0.4, -0.2) is 25.0 Å². The predicted octanol–water partition coefficient (Wildman–Crippen LogP) is 5.39. The average Bonchev–Trinajstić information content (AvgIpc) is 2.73. The van der Waals surface area contributed by atoms with Gasteiger partial charge in [-0.05, 0) is 34.9 Å². The zero-order chi connectivity index (χ0) is 20.8. The van der Waals surface area contributed by atoms with Crippen molar-refractivity contribution in [2.75, 3.05) is 7.11 Å². The van der Waals surface area contributed by atoms with Crippen molar-refractivity contribution < 1.29 is 14.3 Å². The Bertz CT molecular complexity index is 984. The van der Waals surface area contributed by atoms with E-state index in [-0.39, 0.29) is 5.91 Å². The molecule has 0 aliphatic rings. The second-order valence-corrected chi connectivity index (χ2v) is 8.31. The number of carbonyl (C=O) groups is 2. The Morgan fingerprint density at radius 2 is 1.48 bits per heavy atom. The Morgan fingerprint density at radius 3 is 2.07 bits per heavy atom. The Morgan fingerprint density at radius 1 is 0.897 bits per heavy atom. The third-order valence-electron chi connectivity index (χ3n) is 4.42. The molecule has 1 N–H and O–H groups in total. The van der Waals surface area contributed by atoms with E-state index in [4.69, 9.17) is 4.74 Å². The first kappa shape index (κ1) is 21.3. The van der Waals surface area contributed by atoms with Gasteiger partial charge in [-0.15, -0.1) is 0 Å². The molecule has 0 heterocycles. The van der Waals surface area contributed by atoms with Crippen LogP contribution in [-0.2, 0) is 16.0 Å². The van der Waals surface area contributed by atoms with Gasteiger partial charge in [0.2, 0.25) is 0 Å². The summed E-state index contributed by atoms with van der Waals surface area (Å²) < 4.78 is 6.42. The number of nitrogens with one attached hydrogen (secondary N) is 1. The zero-order valence-electron chi connectivity index (χ0n) is 15.7. The van der Waals surface area contributed by atoms with Crippen molar-refractivity contribution in [3.63, 3.8) is 0 Å². The monoisotopic (exact) mass is 515 g/mol. The SMILES string of the molecule is COC(=O)[C@H](Cc1ccc(-c2ccccc2)cc1)NC(=O)c1cc(Br)cc(Br)c1. The molecule has 0 saturated heterocycles. The lowest BCUT2D eigenvalue weighted by Crippen LogP contribution is -2.43. The molecule has 4 nitrogen and oxygen atoms in total. The lowest BCUT2D eigenvalue weighted by atomic mass is 10.0. The summed E-state index contributed by atoms with van der Waals surface area (Å²) in [7, 11) is 1.32. The molecule has 6 heteroatoms. The van der Waals surface area contributed by atoms with E-state index in [0.29, 0.717) is 12.0 Å². The van der Waals surface area contributed by atoms with Gasteiger partial charge in [-0.2, -0.15) is 0 Å². The largest absolute Gasteiger partial charge is 0.467 e. The number of amides is 1. The zero-order valence-corrected chi connectivity index (χ0v) is 18.9. The molecule has 3 rings (SSSR count). The molecule has 1 atom stereocenters. The third-order valence-corrected chi connectivity index (χ3v) is 5.33. The quantitative estimate of drug-likeness (QED) is 0.447. The summed E-state index contributed by atoms with van der Waals surface area (Å²) in [5.41, 5.74) is 3.58. The maximum Gasteiger partial charge on any atom is 0.328 e. The van der Waals surface area contributed by atoms with Crippen molar-refractivity contribution in [1.82, 2.24) is 5.32 Å². The molecule has 0 bridgehead atoms. The Labute approximate surface area is 186 Å². The molecule has 3 aromatic carbocycles. The van der Waals surface area contributed by atoms with Crippen LogP contribution in [0.1, 0.15) is 15.9 Å². The number of benzene rings is 3. The highest BCUT2D eigenvalue weighted by Gasteiger charge is 2.23. The van der Waals surface area contributed by atoms with E-state index < -0.39 is 12.0 Å². The van der Waals surface area contributed by atoms with Crippen LogP contribution in [0.5, 0.6) is 0 Å². The Kier molecular flexibility index (Phi) is 7.23. The molecule has 0 aromatic heterocycles. The number of carbonyl (C=O) groups excluding carboxylic acids is 2. The maximum absolute atomic E-state index is 12.6. The molecule has 0 radical (unpaired) electrons. The summed E-state index contributed by atoms with van der Waals surface area (Å²) in [6.45, 7) is 0. The van der Waals surface area contributed by atoms with Crippen molar-refractivity contribution in [1.29, 1.82) is 0 Å². The van der Waals surface area contributed by atoms with Crippen molar-refractivity contribution in [3.05, 3.63) is 92.9 Å². The van der Waals surface area contributed by atoms with E-state index in [2.05, 4.69) is 37.2 Å². The van der Waals surface area contributed by atoms with Gasteiger partial charge in [-0.25, -0.2) is 4.79 Å². The Balaban J connectivity index is 1.75. The van der Waals surface area contributed by atoms with E-state index in [0.717, 1.165) is 25.6 Å². The maximum atomic E-state index is 12.6. The van der Waals surface area contributed by atoms with Crippen LogP contribution in [0.2, 0.25) is 0 Å². The normalized spacial score (nSPS) is 11.6.